The standard InChI is InChI=1S/C17H32N2/c1-2-14-5-3-7-17(11-14)19(12-15-8-9-15)13-16-6-4-10-18-16/h14-18H,2-13H2,1H3. The molecule has 0 aromatic carbocycles. The molecule has 0 aromatic rings. The van der Waals surface area contributed by atoms with E-state index in [0.717, 1.165) is 23.9 Å². The maximum Gasteiger partial charge on any atom is 0.0195 e. The van der Waals surface area contributed by atoms with Crippen LogP contribution >= 0.6 is 0 Å². The van der Waals surface area contributed by atoms with E-state index in [1.54, 1.807) is 0 Å². The average molecular weight is 264 g/mol. The maximum absolute atomic E-state index is 3.70. The fraction of sp³-hybridized carbons (Fsp3) is 1.00. The predicted octanol–water partition coefficient (Wildman–Crippen LogP) is 3.42. The van der Waals surface area contributed by atoms with E-state index < -0.39 is 0 Å². The van der Waals surface area contributed by atoms with Crippen LogP contribution in [0, 0.1) is 11.8 Å². The van der Waals surface area contributed by atoms with E-state index in [-0.39, 0.29) is 0 Å². The summed E-state index contributed by atoms with van der Waals surface area (Å²) in [6, 6.07) is 1.70. The Morgan fingerprint density at radius 1 is 0.947 bits per heavy atom. The zero-order valence-electron chi connectivity index (χ0n) is 12.7. The zero-order valence-corrected chi connectivity index (χ0v) is 12.7. The Hall–Kier alpha value is -0.0800. The predicted molar refractivity (Wildman–Crippen MR) is 81.4 cm³/mol. The van der Waals surface area contributed by atoms with Crippen molar-refractivity contribution in [3.8, 4) is 0 Å². The van der Waals surface area contributed by atoms with E-state index in [9.17, 15) is 0 Å². The number of hydrogen-bond acceptors (Lipinski definition) is 2. The first-order valence-corrected chi connectivity index (χ1v) is 8.82. The molecule has 1 N–H and O–H groups in total. The van der Waals surface area contributed by atoms with Gasteiger partial charge in [0.1, 0.15) is 0 Å². The molecule has 2 saturated carbocycles. The molecule has 2 nitrogen and oxygen atoms in total. The third-order valence-electron chi connectivity index (χ3n) is 5.66. The molecule has 1 heterocycles. The fourth-order valence-electron chi connectivity index (χ4n) is 4.17. The van der Waals surface area contributed by atoms with Crippen molar-refractivity contribution in [3.63, 3.8) is 0 Å². The van der Waals surface area contributed by atoms with Crippen molar-refractivity contribution < 1.29 is 0 Å². The van der Waals surface area contributed by atoms with E-state index in [0.29, 0.717) is 0 Å². The minimum absolute atomic E-state index is 0.792. The second-order valence-corrected chi connectivity index (χ2v) is 7.29. The molecule has 3 fully saturated rings. The highest BCUT2D eigenvalue weighted by Gasteiger charge is 2.32. The van der Waals surface area contributed by atoms with Crippen molar-refractivity contribution >= 4 is 0 Å². The molecule has 0 spiro atoms. The first-order chi connectivity index (χ1) is 9.35. The molecule has 3 aliphatic rings. The highest BCUT2D eigenvalue weighted by molar-refractivity contribution is 4.88. The normalized spacial score (nSPS) is 36.0. The summed E-state index contributed by atoms with van der Waals surface area (Å²) < 4.78 is 0. The van der Waals surface area contributed by atoms with Crippen LogP contribution in [-0.4, -0.2) is 36.6 Å². The van der Waals surface area contributed by atoms with E-state index in [4.69, 9.17) is 0 Å². The molecular formula is C17H32N2. The van der Waals surface area contributed by atoms with Crippen LogP contribution in [0.25, 0.3) is 0 Å². The van der Waals surface area contributed by atoms with Gasteiger partial charge in [0, 0.05) is 25.2 Å². The van der Waals surface area contributed by atoms with Gasteiger partial charge in [-0.15, -0.1) is 0 Å². The van der Waals surface area contributed by atoms with Crippen molar-refractivity contribution in [2.75, 3.05) is 19.6 Å². The Balaban J connectivity index is 1.56. The molecule has 110 valence electrons. The lowest BCUT2D eigenvalue weighted by molar-refractivity contribution is 0.113. The summed E-state index contributed by atoms with van der Waals surface area (Å²) >= 11 is 0. The van der Waals surface area contributed by atoms with Gasteiger partial charge in [-0.3, -0.25) is 4.90 Å². The molecule has 0 radical (unpaired) electrons. The quantitative estimate of drug-likeness (QED) is 0.791. The molecule has 0 amide bonds. The number of nitrogens with zero attached hydrogens (tertiary/aromatic N) is 1. The van der Waals surface area contributed by atoms with Crippen molar-refractivity contribution in [2.24, 2.45) is 11.8 Å². The third kappa shape index (κ3) is 3.95. The highest BCUT2D eigenvalue weighted by Crippen LogP contribution is 2.35. The van der Waals surface area contributed by atoms with Crippen LogP contribution in [0.1, 0.15) is 64.7 Å². The molecule has 0 bridgehead atoms. The van der Waals surface area contributed by atoms with E-state index in [1.165, 1.54) is 77.4 Å². The lowest BCUT2D eigenvalue weighted by Crippen LogP contribution is -2.46. The van der Waals surface area contributed by atoms with Gasteiger partial charge in [0.15, 0.2) is 0 Å². The van der Waals surface area contributed by atoms with E-state index in [1.807, 2.05) is 0 Å². The molecule has 3 atom stereocenters. The molecule has 3 rings (SSSR count). The van der Waals surface area contributed by atoms with Crippen LogP contribution in [0.3, 0.4) is 0 Å². The Morgan fingerprint density at radius 2 is 1.84 bits per heavy atom. The summed E-state index contributed by atoms with van der Waals surface area (Å²) in [6.07, 6.45) is 13.1. The van der Waals surface area contributed by atoms with Crippen LogP contribution in [0.4, 0.5) is 0 Å². The minimum Gasteiger partial charge on any atom is -0.313 e. The Morgan fingerprint density at radius 3 is 2.53 bits per heavy atom. The van der Waals surface area contributed by atoms with Gasteiger partial charge in [-0.25, -0.2) is 0 Å². The zero-order chi connectivity index (χ0) is 13.1. The van der Waals surface area contributed by atoms with Crippen LogP contribution in [0.15, 0.2) is 0 Å². The minimum atomic E-state index is 0.792. The van der Waals surface area contributed by atoms with Gasteiger partial charge in [0.25, 0.3) is 0 Å². The number of nitrogens with one attached hydrogen (secondary N) is 1. The van der Waals surface area contributed by atoms with Gasteiger partial charge < -0.3 is 5.32 Å². The summed E-state index contributed by atoms with van der Waals surface area (Å²) in [6.45, 7) is 6.37. The van der Waals surface area contributed by atoms with Crippen molar-refractivity contribution in [1.29, 1.82) is 0 Å². The molecular weight excluding hydrogens is 232 g/mol. The monoisotopic (exact) mass is 264 g/mol. The summed E-state index contributed by atoms with van der Waals surface area (Å²) in [5.74, 6) is 2.06. The van der Waals surface area contributed by atoms with Crippen molar-refractivity contribution in [2.45, 2.75) is 76.8 Å². The summed E-state index contributed by atoms with van der Waals surface area (Å²) in [4.78, 5) is 2.89. The van der Waals surface area contributed by atoms with Crippen molar-refractivity contribution in [1.82, 2.24) is 10.2 Å². The highest BCUT2D eigenvalue weighted by atomic mass is 15.2. The van der Waals surface area contributed by atoms with Crippen LogP contribution in [-0.2, 0) is 0 Å². The Labute approximate surface area is 119 Å². The third-order valence-corrected chi connectivity index (χ3v) is 5.66. The molecule has 1 aliphatic heterocycles. The van der Waals surface area contributed by atoms with Crippen LogP contribution < -0.4 is 5.32 Å². The largest absolute Gasteiger partial charge is 0.313 e. The Bertz CT molecular complexity index is 268. The first-order valence-electron chi connectivity index (χ1n) is 8.82. The number of hydrogen-bond donors (Lipinski definition) is 1. The lowest BCUT2D eigenvalue weighted by atomic mass is 9.83. The second-order valence-electron chi connectivity index (χ2n) is 7.29. The van der Waals surface area contributed by atoms with E-state index in [2.05, 4.69) is 17.1 Å². The molecule has 3 unspecified atom stereocenters. The van der Waals surface area contributed by atoms with Gasteiger partial charge in [-0.1, -0.05) is 26.2 Å². The molecule has 2 heteroatoms. The van der Waals surface area contributed by atoms with Gasteiger partial charge >= 0.3 is 0 Å². The summed E-state index contributed by atoms with van der Waals surface area (Å²) in [5, 5.41) is 3.70. The van der Waals surface area contributed by atoms with Crippen LogP contribution in [0.2, 0.25) is 0 Å². The molecule has 0 aromatic heterocycles. The van der Waals surface area contributed by atoms with Gasteiger partial charge in [0.2, 0.25) is 0 Å². The maximum atomic E-state index is 3.70. The summed E-state index contributed by atoms with van der Waals surface area (Å²) in [5.41, 5.74) is 0. The fourth-order valence-corrected chi connectivity index (χ4v) is 4.17. The van der Waals surface area contributed by atoms with Gasteiger partial charge in [0.05, 0.1) is 0 Å². The second kappa shape index (κ2) is 6.58. The first kappa shape index (κ1) is 13.9. The SMILES string of the molecule is CCC1CCCC(N(CC2CC2)CC2CCCN2)C1. The Kier molecular flexibility index (Phi) is 4.81. The molecule has 2 aliphatic carbocycles. The topological polar surface area (TPSA) is 15.3 Å². The van der Waals surface area contributed by atoms with Gasteiger partial charge in [-0.2, -0.15) is 0 Å². The van der Waals surface area contributed by atoms with E-state index >= 15 is 0 Å². The lowest BCUT2D eigenvalue weighted by Gasteiger charge is -2.39. The van der Waals surface area contributed by atoms with Gasteiger partial charge in [-0.05, 0) is 56.9 Å². The average Bonchev–Trinajstić information content (AvgIpc) is 3.12. The summed E-state index contributed by atoms with van der Waals surface area (Å²) in [7, 11) is 0. The van der Waals surface area contributed by atoms with Crippen molar-refractivity contribution in [3.05, 3.63) is 0 Å². The molecule has 19 heavy (non-hydrogen) atoms. The number of rotatable bonds is 6. The smallest absolute Gasteiger partial charge is 0.0195 e. The van der Waals surface area contributed by atoms with Crippen LogP contribution in [0.5, 0.6) is 0 Å². The molecule has 1 saturated heterocycles.